The van der Waals surface area contributed by atoms with Crippen LogP contribution in [0.25, 0.3) is 0 Å². The van der Waals surface area contributed by atoms with E-state index in [0.29, 0.717) is 36.0 Å². The molecule has 3 aliphatic rings. The van der Waals surface area contributed by atoms with Crippen molar-refractivity contribution >= 4 is 6.03 Å². The van der Waals surface area contributed by atoms with Crippen molar-refractivity contribution in [2.75, 3.05) is 39.8 Å². The first-order valence-electron chi connectivity index (χ1n) is 11.1. The maximum absolute atomic E-state index is 12.6. The van der Waals surface area contributed by atoms with E-state index in [-0.39, 0.29) is 12.1 Å². The van der Waals surface area contributed by atoms with Gasteiger partial charge in [-0.2, -0.15) is 5.26 Å². The molecule has 1 aromatic carbocycles. The van der Waals surface area contributed by atoms with Gasteiger partial charge in [0.05, 0.1) is 17.7 Å². The first-order chi connectivity index (χ1) is 14.5. The summed E-state index contributed by atoms with van der Waals surface area (Å²) in [4.78, 5) is 17.0. The summed E-state index contributed by atoms with van der Waals surface area (Å²) in [6.07, 6.45) is 4.87. The van der Waals surface area contributed by atoms with Crippen LogP contribution in [-0.2, 0) is 0 Å². The molecule has 3 N–H and O–H groups in total. The molecule has 7 heteroatoms. The second-order valence-electron chi connectivity index (χ2n) is 9.25. The molecule has 1 aliphatic heterocycles. The first kappa shape index (κ1) is 21.0. The summed E-state index contributed by atoms with van der Waals surface area (Å²) in [5, 5.41) is 12.0. The normalized spacial score (nSPS) is 26.6. The van der Waals surface area contributed by atoms with Crippen LogP contribution in [0.1, 0.15) is 31.2 Å². The van der Waals surface area contributed by atoms with Crippen LogP contribution in [0.4, 0.5) is 4.79 Å². The number of nitriles is 1. The van der Waals surface area contributed by atoms with Crippen molar-refractivity contribution in [1.82, 2.24) is 15.1 Å². The van der Waals surface area contributed by atoms with E-state index in [1.165, 1.54) is 25.7 Å². The Bertz CT molecular complexity index is 759. The third-order valence-electron chi connectivity index (χ3n) is 6.81. The fraction of sp³-hybridized carbons (Fsp3) is 0.652. The number of nitrogens with one attached hydrogen (secondary N) is 1. The summed E-state index contributed by atoms with van der Waals surface area (Å²) in [6, 6.07) is 9.57. The largest absolute Gasteiger partial charge is 0.492 e. The highest BCUT2D eigenvalue weighted by molar-refractivity contribution is 5.74. The third-order valence-corrected chi connectivity index (χ3v) is 6.81. The van der Waals surface area contributed by atoms with Gasteiger partial charge in [0.15, 0.2) is 0 Å². The molecule has 1 aromatic rings. The Morgan fingerprint density at radius 1 is 1.27 bits per heavy atom. The molecule has 30 heavy (non-hydrogen) atoms. The van der Waals surface area contributed by atoms with E-state index < -0.39 is 0 Å². The van der Waals surface area contributed by atoms with Gasteiger partial charge < -0.3 is 25.6 Å². The van der Waals surface area contributed by atoms with E-state index in [9.17, 15) is 4.79 Å². The van der Waals surface area contributed by atoms with E-state index in [2.05, 4.69) is 16.3 Å². The van der Waals surface area contributed by atoms with Gasteiger partial charge in [-0.1, -0.05) is 0 Å². The first-order valence-corrected chi connectivity index (χ1v) is 11.1. The predicted octanol–water partition coefficient (Wildman–Crippen LogP) is 2.03. The summed E-state index contributed by atoms with van der Waals surface area (Å²) in [5.74, 6) is 2.48. The number of likely N-dealkylation sites (tertiary alicyclic amines) is 1. The molecule has 3 unspecified atom stereocenters. The summed E-state index contributed by atoms with van der Waals surface area (Å²) in [7, 11) is 1.96. The molecule has 7 nitrogen and oxygen atoms in total. The van der Waals surface area contributed by atoms with Crippen molar-refractivity contribution in [1.29, 1.82) is 5.26 Å². The molecule has 2 amide bonds. The Morgan fingerprint density at radius 3 is 2.53 bits per heavy atom. The Labute approximate surface area is 179 Å². The van der Waals surface area contributed by atoms with Crippen LogP contribution >= 0.6 is 0 Å². The van der Waals surface area contributed by atoms with Crippen LogP contribution in [0, 0.1) is 29.1 Å². The van der Waals surface area contributed by atoms with Gasteiger partial charge in [-0.25, -0.2) is 4.79 Å². The van der Waals surface area contributed by atoms with Crippen LogP contribution in [0.5, 0.6) is 5.75 Å². The van der Waals surface area contributed by atoms with Gasteiger partial charge in [0.2, 0.25) is 0 Å². The van der Waals surface area contributed by atoms with Crippen LogP contribution in [0.2, 0.25) is 0 Å². The van der Waals surface area contributed by atoms with E-state index in [4.69, 9.17) is 15.7 Å². The number of carbonyl (C=O) groups is 1. The number of nitrogens with zero attached hydrogens (tertiary/aromatic N) is 3. The minimum atomic E-state index is -0.0730. The van der Waals surface area contributed by atoms with Crippen molar-refractivity contribution in [2.45, 2.75) is 37.8 Å². The zero-order chi connectivity index (χ0) is 21.1. The molecule has 3 atom stereocenters. The number of fused-ring (bicyclic) bond motifs is 2. The molecule has 0 radical (unpaired) electrons. The summed E-state index contributed by atoms with van der Waals surface area (Å²) >= 11 is 0. The lowest BCUT2D eigenvalue weighted by Gasteiger charge is -2.42. The minimum Gasteiger partial charge on any atom is -0.492 e. The molecule has 162 valence electrons. The van der Waals surface area contributed by atoms with Crippen molar-refractivity contribution < 1.29 is 9.53 Å². The quantitative estimate of drug-likeness (QED) is 0.683. The van der Waals surface area contributed by atoms with E-state index in [1.807, 2.05) is 11.9 Å². The molecule has 0 spiro atoms. The lowest BCUT2D eigenvalue weighted by atomic mass is 9.91. The monoisotopic (exact) mass is 411 g/mol. The molecule has 0 aromatic heterocycles. The number of hydrogen-bond acceptors (Lipinski definition) is 5. The van der Waals surface area contributed by atoms with Gasteiger partial charge in [0.25, 0.3) is 0 Å². The van der Waals surface area contributed by atoms with Crippen LogP contribution in [0.3, 0.4) is 0 Å². The molecule has 3 fully saturated rings. The lowest BCUT2D eigenvalue weighted by Crippen LogP contribution is -2.56. The third kappa shape index (κ3) is 5.05. The number of amides is 2. The highest BCUT2D eigenvalue weighted by Crippen LogP contribution is 2.39. The zero-order valence-electron chi connectivity index (χ0n) is 17.8. The maximum Gasteiger partial charge on any atom is 0.317 e. The van der Waals surface area contributed by atoms with Crippen LogP contribution < -0.4 is 15.8 Å². The molecule has 4 rings (SSSR count). The standard InChI is InChI=1S/C23H33N5O2/c1-27(23(29)26-11-17-2-3-17)22-18-6-7-19(22)13-28(12-18)14-20(25)15-30-21-8-4-16(10-24)5-9-21/h4-5,8-9,17-20,22H,2-3,6-7,11-15,25H2,1H3,(H,26,29). The molecular weight excluding hydrogens is 378 g/mol. The highest BCUT2D eigenvalue weighted by atomic mass is 16.5. The van der Waals surface area contributed by atoms with Gasteiger partial charge in [-0.15, -0.1) is 0 Å². The Morgan fingerprint density at radius 2 is 1.93 bits per heavy atom. The predicted molar refractivity (Wildman–Crippen MR) is 115 cm³/mol. The molecule has 2 bridgehead atoms. The van der Waals surface area contributed by atoms with Gasteiger partial charge in [-0.3, -0.25) is 0 Å². The SMILES string of the molecule is CN(C(=O)NCC1CC1)C1C2CCC1CN(CC(N)COc1ccc(C#N)cc1)C2. The number of rotatable bonds is 8. The molecule has 1 heterocycles. The lowest BCUT2D eigenvalue weighted by molar-refractivity contribution is 0.0700. The number of benzene rings is 1. The van der Waals surface area contributed by atoms with Crippen LogP contribution in [-0.4, -0.2) is 67.7 Å². The van der Waals surface area contributed by atoms with E-state index in [0.717, 1.165) is 31.9 Å². The van der Waals surface area contributed by atoms with Crippen molar-refractivity contribution in [3.8, 4) is 11.8 Å². The van der Waals surface area contributed by atoms with Crippen molar-refractivity contribution in [2.24, 2.45) is 23.5 Å². The Hall–Kier alpha value is -2.30. The number of piperidine rings is 1. The molecule has 2 saturated carbocycles. The van der Waals surface area contributed by atoms with Gasteiger partial charge in [0, 0.05) is 39.3 Å². The van der Waals surface area contributed by atoms with Crippen molar-refractivity contribution in [3.63, 3.8) is 0 Å². The van der Waals surface area contributed by atoms with Gasteiger partial charge in [-0.05, 0) is 67.7 Å². The Kier molecular flexibility index (Phi) is 6.45. The number of ether oxygens (including phenoxy) is 1. The molecular formula is C23H33N5O2. The topological polar surface area (TPSA) is 94.6 Å². The summed E-state index contributed by atoms with van der Waals surface area (Å²) in [6.45, 7) is 4.06. The maximum atomic E-state index is 12.6. The van der Waals surface area contributed by atoms with E-state index >= 15 is 0 Å². The average Bonchev–Trinajstić information content (AvgIpc) is 3.54. The van der Waals surface area contributed by atoms with E-state index in [1.54, 1.807) is 24.3 Å². The molecule has 1 saturated heterocycles. The zero-order valence-corrected chi connectivity index (χ0v) is 17.8. The summed E-state index contributed by atoms with van der Waals surface area (Å²) in [5.41, 5.74) is 6.96. The number of hydrogen-bond donors (Lipinski definition) is 2. The number of urea groups is 1. The molecule has 2 aliphatic carbocycles. The average molecular weight is 412 g/mol. The van der Waals surface area contributed by atoms with Crippen LogP contribution in [0.15, 0.2) is 24.3 Å². The van der Waals surface area contributed by atoms with Crippen molar-refractivity contribution in [3.05, 3.63) is 29.8 Å². The highest BCUT2D eigenvalue weighted by Gasteiger charge is 2.45. The second-order valence-corrected chi connectivity index (χ2v) is 9.25. The smallest absolute Gasteiger partial charge is 0.317 e. The minimum absolute atomic E-state index is 0.0730. The fourth-order valence-corrected chi connectivity index (χ4v) is 5.10. The number of carbonyl (C=O) groups excluding carboxylic acids is 1. The Balaban J connectivity index is 1.23. The number of nitrogens with two attached hydrogens (primary N) is 1. The fourth-order valence-electron chi connectivity index (χ4n) is 5.10. The van der Waals surface area contributed by atoms with Gasteiger partial charge >= 0.3 is 6.03 Å². The second kappa shape index (κ2) is 9.23. The van der Waals surface area contributed by atoms with Gasteiger partial charge in [0.1, 0.15) is 12.4 Å². The summed E-state index contributed by atoms with van der Waals surface area (Å²) < 4.78 is 5.80.